The molecular formula is C25H28N2O3. The van der Waals surface area contributed by atoms with Gasteiger partial charge in [-0.3, -0.25) is 9.59 Å². The Morgan fingerprint density at radius 3 is 2.67 bits per heavy atom. The molecule has 2 fully saturated rings. The molecular weight excluding hydrogens is 376 g/mol. The maximum atomic E-state index is 13.1. The molecule has 0 saturated heterocycles. The zero-order chi connectivity index (χ0) is 20.7. The number of aryl methyl sites for hydroxylation is 1. The number of amides is 2. The third-order valence-corrected chi connectivity index (χ3v) is 6.23. The average Bonchev–Trinajstić information content (AvgIpc) is 3.65. The average molecular weight is 405 g/mol. The number of carbonyl (C=O) groups excluding carboxylic acids is 2. The number of carbonyl (C=O) groups is 2. The molecule has 2 aliphatic carbocycles. The predicted octanol–water partition coefficient (Wildman–Crippen LogP) is 3.54. The second-order valence-electron chi connectivity index (χ2n) is 8.86. The standard InChI is InChI=1S/C25H28N2O3/c1-16-3-2-4-19(13-16)24-22-14-21(30-15-23(28)26-20-8-9-20)10-7-17(22)11-12-27(24)25(29)18-5-6-18/h2-4,7,10,13-14,18,20,24H,5-6,8-9,11-12,15H2,1H3,(H,26,28)/t24-/m1/s1. The van der Waals surface area contributed by atoms with Gasteiger partial charge in [-0.25, -0.2) is 0 Å². The van der Waals surface area contributed by atoms with E-state index in [2.05, 4.69) is 47.5 Å². The Morgan fingerprint density at radius 1 is 1.10 bits per heavy atom. The quantitative estimate of drug-likeness (QED) is 0.801. The largest absolute Gasteiger partial charge is 0.484 e. The summed E-state index contributed by atoms with van der Waals surface area (Å²) >= 11 is 0. The van der Waals surface area contributed by atoms with Crippen LogP contribution < -0.4 is 10.1 Å². The molecule has 1 atom stereocenters. The maximum Gasteiger partial charge on any atom is 0.258 e. The number of fused-ring (bicyclic) bond motifs is 1. The topological polar surface area (TPSA) is 58.6 Å². The summed E-state index contributed by atoms with van der Waals surface area (Å²) in [5, 5.41) is 2.95. The van der Waals surface area contributed by atoms with Crippen molar-refractivity contribution in [2.24, 2.45) is 5.92 Å². The Hall–Kier alpha value is -2.82. The summed E-state index contributed by atoms with van der Waals surface area (Å²) in [6, 6.07) is 14.7. The van der Waals surface area contributed by atoms with E-state index in [0.29, 0.717) is 11.8 Å². The summed E-state index contributed by atoms with van der Waals surface area (Å²) in [5.74, 6) is 1.06. The van der Waals surface area contributed by atoms with Crippen molar-refractivity contribution < 1.29 is 14.3 Å². The van der Waals surface area contributed by atoms with Crippen molar-refractivity contribution in [3.8, 4) is 5.75 Å². The second kappa shape index (κ2) is 7.78. The highest BCUT2D eigenvalue weighted by atomic mass is 16.5. The van der Waals surface area contributed by atoms with Gasteiger partial charge in [0.25, 0.3) is 5.91 Å². The highest BCUT2D eigenvalue weighted by Crippen LogP contribution is 2.41. The van der Waals surface area contributed by atoms with Crippen LogP contribution in [0.25, 0.3) is 0 Å². The Balaban J connectivity index is 1.44. The van der Waals surface area contributed by atoms with Gasteiger partial charge in [-0.05, 0) is 67.9 Å². The van der Waals surface area contributed by atoms with Crippen molar-refractivity contribution in [1.82, 2.24) is 10.2 Å². The third kappa shape index (κ3) is 4.07. The molecule has 2 saturated carbocycles. The van der Waals surface area contributed by atoms with E-state index in [1.807, 2.05) is 12.1 Å². The van der Waals surface area contributed by atoms with E-state index in [1.54, 1.807) is 0 Å². The van der Waals surface area contributed by atoms with Crippen molar-refractivity contribution in [1.29, 1.82) is 0 Å². The van der Waals surface area contributed by atoms with Gasteiger partial charge in [0.2, 0.25) is 5.91 Å². The molecule has 1 aliphatic heterocycles. The summed E-state index contributed by atoms with van der Waals surface area (Å²) in [7, 11) is 0. The van der Waals surface area contributed by atoms with E-state index in [9.17, 15) is 9.59 Å². The lowest BCUT2D eigenvalue weighted by molar-refractivity contribution is -0.134. The zero-order valence-corrected chi connectivity index (χ0v) is 17.4. The van der Waals surface area contributed by atoms with Gasteiger partial charge in [0.1, 0.15) is 5.75 Å². The first-order valence-corrected chi connectivity index (χ1v) is 11.0. The van der Waals surface area contributed by atoms with E-state index in [4.69, 9.17) is 4.74 Å². The highest BCUT2D eigenvalue weighted by molar-refractivity contribution is 5.82. The minimum Gasteiger partial charge on any atom is -0.484 e. The number of nitrogens with one attached hydrogen (secondary N) is 1. The van der Waals surface area contributed by atoms with Crippen LogP contribution in [0.3, 0.4) is 0 Å². The van der Waals surface area contributed by atoms with E-state index >= 15 is 0 Å². The molecule has 30 heavy (non-hydrogen) atoms. The highest BCUT2D eigenvalue weighted by Gasteiger charge is 2.39. The first-order valence-electron chi connectivity index (χ1n) is 11.0. The Labute approximate surface area is 177 Å². The van der Waals surface area contributed by atoms with Gasteiger partial charge in [0, 0.05) is 18.5 Å². The first-order chi connectivity index (χ1) is 14.6. The number of ether oxygens (including phenoxy) is 1. The van der Waals surface area contributed by atoms with Crippen LogP contribution in [-0.2, 0) is 16.0 Å². The van der Waals surface area contributed by atoms with Crippen molar-refractivity contribution in [2.75, 3.05) is 13.2 Å². The molecule has 5 nitrogen and oxygen atoms in total. The maximum absolute atomic E-state index is 13.1. The van der Waals surface area contributed by atoms with Gasteiger partial charge >= 0.3 is 0 Å². The van der Waals surface area contributed by atoms with Crippen molar-refractivity contribution in [2.45, 2.75) is 51.1 Å². The first kappa shape index (κ1) is 19.2. The number of rotatable bonds is 6. The van der Waals surface area contributed by atoms with Gasteiger partial charge in [-0.1, -0.05) is 35.9 Å². The molecule has 0 spiro atoms. The van der Waals surface area contributed by atoms with Crippen LogP contribution >= 0.6 is 0 Å². The smallest absolute Gasteiger partial charge is 0.258 e. The van der Waals surface area contributed by atoms with Crippen LogP contribution in [0.2, 0.25) is 0 Å². The minimum absolute atomic E-state index is 0.0229. The number of benzene rings is 2. The van der Waals surface area contributed by atoms with Crippen molar-refractivity contribution >= 4 is 11.8 Å². The van der Waals surface area contributed by atoms with Crippen LogP contribution in [0.5, 0.6) is 5.75 Å². The predicted molar refractivity (Wildman–Crippen MR) is 114 cm³/mol. The van der Waals surface area contributed by atoms with Gasteiger partial charge in [0.15, 0.2) is 6.61 Å². The van der Waals surface area contributed by atoms with Gasteiger partial charge in [-0.2, -0.15) is 0 Å². The van der Waals surface area contributed by atoms with Crippen LogP contribution in [0.4, 0.5) is 0 Å². The fourth-order valence-electron chi connectivity index (χ4n) is 4.33. The summed E-state index contributed by atoms with van der Waals surface area (Å²) in [5.41, 5.74) is 4.67. The summed E-state index contributed by atoms with van der Waals surface area (Å²) in [6.45, 7) is 2.85. The molecule has 2 aromatic carbocycles. The SMILES string of the molecule is Cc1cccc([C@@H]2c3cc(OCC(=O)NC4CC4)ccc3CCN2C(=O)C2CC2)c1. The molecule has 5 rings (SSSR count). The molecule has 0 unspecified atom stereocenters. The van der Waals surface area contributed by atoms with Crippen LogP contribution in [0, 0.1) is 12.8 Å². The molecule has 1 N–H and O–H groups in total. The fraction of sp³-hybridized carbons (Fsp3) is 0.440. The van der Waals surface area contributed by atoms with E-state index < -0.39 is 0 Å². The normalized spacial score (nSPS) is 20.4. The lowest BCUT2D eigenvalue weighted by atomic mass is 9.87. The molecule has 5 heteroatoms. The van der Waals surface area contributed by atoms with Gasteiger partial charge in [0.05, 0.1) is 6.04 Å². The summed E-state index contributed by atoms with van der Waals surface area (Å²) < 4.78 is 5.81. The molecule has 1 heterocycles. The number of hydrogen-bond acceptors (Lipinski definition) is 3. The Bertz CT molecular complexity index is 978. The van der Waals surface area contributed by atoms with Crippen LogP contribution in [0.1, 0.15) is 54.0 Å². The minimum atomic E-state index is -0.106. The summed E-state index contributed by atoms with van der Waals surface area (Å²) in [6.07, 6.45) is 4.98. The summed E-state index contributed by atoms with van der Waals surface area (Å²) in [4.78, 5) is 27.2. The van der Waals surface area contributed by atoms with Crippen LogP contribution in [0.15, 0.2) is 42.5 Å². The van der Waals surface area contributed by atoms with Crippen molar-refractivity contribution in [3.63, 3.8) is 0 Å². The van der Waals surface area contributed by atoms with Crippen LogP contribution in [-0.4, -0.2) is 35.9 Å². The van der Waals surface area contributed by atoms with Gasteiger partial charge in [-0.15, -0.1) is 0 Å². The monoisotopic (exact) mass is 404 g/mol. The lowest BCUT2D eigenvalue weighted by Gasteiger charge is -2.38. The van der Waals surface area contributed by atoms with E-state index in [-0.39, 0.29) is 30.4 Å². The second-order valence-corrected chi connectivity index (χ2v) is 8.86. The number of nitrogens with zero attached hydrogens (tertiary/aromatic N) is 1. The Kier molecular flexibility index (Phi) is 4.97. The molecule has 2 amide bonds. The number of hydrogen-bond donors (Lipinski definition) is 1. The molecule has 0 radical (unpaired) electrons. The van der Waals surface area contributed by atoms with E-state index in [1.165, 1.54) is 11.1 Å². The molecule has 156 valence electrons. The fourth-order valence-corrected chi connectivity index (χ4v) is 4.33. The lowest BCUT2D eigenvalue weighted by Crippen LogP contribution is -2.41. The van der Waals surface area contributed by atoms with Gasteiger partial charge < -0.3 is 15.0 Å². The third-order valence-electron chi connectivity index (χ3n) is 6.23. The van der Waals surface area contributed by atoms with E-state index in [0.717, 1.165) is 49.8 Å². The molecule has 3 aliphatic rings. The van der Waals surface area contributed by atoms with Crippen molar-refractivity contribution in [3.05, 3.63) is 64.7 Å². The molecule has 0 aromatic heterocycles. The molecule has 0 bridgehead atoms. The molecule has 2 aromatic rings. The Morgan fingerprint density at radius 2 is 1.93 bits per heavy atom. The zero-order valence-electron chi connectivity index (χ0n) is 17.4.